The van der Waals surface area contributed by atoms with Crippen LogP contribution < -0.4 is 5.32 Å². The Labute approximate surface area is 126 Å². The first-order valence-corrected chi connectivity index (χ1v) is 9.28. The zero-order valence-electron chi connectivity index (χ0n) is 13.0. The van der Waals surface area contributed by atoms with Crippen molar-refractivity contribution in [2.24, 2.45) is 5.92 Å². The molecule has 110 valence electrons. The van der Waals surface area contributed by atoms with Gasteiger partial charge in [0.2, 0.25) is 0 Å². The summed E-state index contributed by atoms with van der Waals surface area (Å²) in [6.45, 7) is 13.3. The van der Waals surface area contributed by atoms with Gasteiger partial charge in [0.25, 0.3) is 0 Å². The predicted molar refractivity (Wildman–Crippen MR) is 89.2 cm³/mol. The maximum Gasteiger partial charge on any atom is 0.103 e. The van der Waals surface area contributed by atoms with Gasteiger partial charge in [0.05, 0.1) is 5.69 Å². The predicted octanol–water partition coefficient (Wildman–Crippen LogP) is 4.66. The molecular weight excluding hydrogens is 272 g/mol. The molecule has 0 radical (unpaired) electrons. The molecule has 0 aliphatic heterocycles. The SMILES string of the molecule is CCCSCc1nc(C(C)C)c(CNCC(C)C)s1. The Morgan fingerprint density at radius 2 is 2.00 bits per heavy atom. The molecule has 19 heavy (non-hydrogen) atoms. The van der Waals surface area contributed by atoms with E-state index in [1.807, 2.05) is 23.1 Å². The van der Waals surface area contributed by atoms with Gasteiger partial charge in [0.15, 0.2) is 0 Å². The van der Waals surface area contributed by atoms with Gasteiger partial charge in [-0.25, -0.2) is 4.98 Å². The number of nitrogens with zero attached hydrogens (tertiary/aromatic N) is 1. The lowest BCUT2D eigenvalue weighted by atomic mass is 10.1. The maximum absolute atomic E-state index is 4.84. The fraction of sp³-hybridized carbons (Fsp3) is 0.800. The second-order valence-corrected chi connectivity index (χ2v) is 7.92. The number of hydrogen-bond acceptors (Lipinski definition) is 4. The highest BCUT2D eigenvalue weighted by atomic mass is 32.2. The summed E-state index contributed by atoms with van der Waals surface area (Å²) in [6.07, 6.45) is 1.25. The zero-order chi connectivity index (χ0) is 14.3. The summed E-state index contributed by atoms with van der Waals surface area (Å²) in [4.78, 5) is 6.27. The Kier molecular flexibility index (Phi) is 8.03. The average Bonchev–Trinajstić information content (AvgIpc) is 2.72. The molecule has 0 atom stereocenters. The lowest BCUT2D eigenvalue weighted by Crippen LogP contribution is -2.19. The van der Waals surface area contributed by atoms with Crippen LogP contribution in [0.4, 0.5) is 0 Å². The molecule has 0 saturated heterocycles. The summed E-state index contributed by atoms with van der Waals surface area (Å²) in [5, 5.41) is 4.84. The minimum atomic E-state index is 0.525. The molecule has 1 aromatic rings. The Morgan fingerprint density at radius 1 is 1.26 bits per heavy atom. The molecule has 0 bridgehead atoms. The molecule has 0 spiro atoms. The summed E-state index contributed by atoms with van der Waals surface area (Å²) in [5.41, 5.74) is 1.30. The van der Waals surface area contributed by atoms with E-state index in [1.54, 1.807) is 0 Å². The molecule has 0 aliphatic rings. The third-order valence-electron chi connectivity index (χ3n) is 2.73. The van der Waals surface area contributed by atoms with Gasteiger partial charge in [-0.05, 0) is 30.6 Å². The van der Waals surface area contributed by atoms with E-state index in [0.717, 1.165) is 18.8 Å². The third kappa shape index (κ3) is 6.28. The Hall–Kier alpha value is -0.0600. The molecule has 0 aliphatic carbocycles. The summed E-state index contributed by atoms with van der Waals surface area (Å²) in [6, 6.07) is 0. The van der Waals surface area contributed by atoms with E-state index in [2.05, 4.69) is 39.9 Å². The van der Waals surface area contributed by atoms with Gasteiger partial charge in [0, 0.05) is 17.2 Å². The monoisotopic (exact) mass is 300 g/mol. The Balaban J connectivity index is 2.61. The van der Waals surface area contributed by atoms with E-state index in [9.17, 15) is 0 Å². The third-order valence-corrected chi connectivity index (χ3v) is 5.16. The largest absolute Gasteiger partial charge is 0.312 e. The van der Waals surface area contributed by atoms with Crippen molar-refractivity contribution in [3.63, 3.8) is 0 Å². The number of rotatable bonds is 9. The van der Waals surface area contributed by atoms with E-state index in [-0.39, 0.29) is 0 Å². The van der Waals surface area contributed by atoms with Crippen LogP contribution in [0, 0.1) is 5.92 Å². The van der Waals surface area contributed by atoms with Gasteiger partial charge in [-0.15, -0.1) is 11.3 Å². The molecular formula is C15H28N2S2. The van der Waals surface area contributed by atoms with Crippen molar-refractivity contribution < 1.29 is 0 Å². The number of thioether (sulfide) groups is 1. The van der Waals surface area contributed by atoms with Gasteiger partial charge in [-0.1, -0.05) is 34.6 Å². The highest BCUT2D eigenvalue weighted by Gasteiger charge is 2.13. The zero-order valence-corrected chi connectivity index (χ0v) is 14.6. The second kappa shape index (κ2) is 8.98. The van der Waals surface area contributed by atoms with Crippen molar-refractivity contribution in [3.05, 3.63) is 15.6 Å². The van der Waals surface area contributed by atoms with Crippen LogP contribution in [0.5, 0.6) is 0 Å². The van der Waals surface area contributed by atoms with Crippen LogP contribution in [0.15, 0.2) is 0 Å². The summed E-state index contributed by atoms with van der Waals surface area (Å²) in [7, 11) is 0. The minimum Gasteiger partial charge on any atom is -0.312 e. The van der Waals surface area contributed by atoms with Crippen molar-refractivity contribution in [3.8, 4) is 0 Å². The van der Waals surface area contributed by atoms with Crippen LogP contribution in [0.3, 0.4) is 0 Å². The highest BCUT2D eigenvalue weighted by Crippen LogP contribution is 2.27. The standard InChI is InChI=1S/C15H28N2S2/c1-6-7-18-10-14-17-15(12(4)5)13(19-14)9-16-8-11(2)3/h11-12,16H,6-10H2,1-5H3. The average molecular weight is 301 g/mol. The van der Waals surface area contributed by atoms with E-state index >= 15 is 0 Å². The van der Waals surface area contributed by atoms with Gasteiger partial charge >= 0.3 is 0 Å². The molecule has 1 aromatic heterocycles. The first kappa shape index (κ1) is 17.0. The Bertz CT molecular complexity index is 359. The lowest BCUT2D eigenvalue weighted by molar-refractivity contribution is 0.552. The topological polar surface area (TPSA) is 24.9 Å². The normalized spacial score (nSPS) is 11.7. The van der Waals surface area contributed by atoms with Crippen molar-refractivity contribution in [2.75, 3.05) is 12.3 Å². The first-order chi connectivity index (χ1) is 9.04. The molecule has 0 aromatic carbocycles. The van der Waals surface area contributed by atoms with Gasteiger partial charge in [0.1, 0.15) is 5.01 Å². The fourth-order valence-corrected chi connectivity index (χ4v) is 3.98. The molecule has 0 saturated carbocycles. The number of nitrogens with one attached hydrogen (secondary N) is 1. The van der Waals surface area contributed by atoms with Crippen LogP contribution in [0.1, 0.15) is 62.5 Å². The number of aromatic nitrogens is 1. The van der Waals surface area contributed by atoms with Gasteiger partial charge < -0.3 is 5.32 Å². The van der Waals surface area contributed by atoms with Crippen LogP contribution >= 0.6 is 23.1 Å². The molecule has 0 unspecified atom stereocenters. The van der Waals surface area contributed by atoms with Crippen LogP contribution in [0.2, 0.25) is 0 Å². The lowest BCUT2D eigenvalue weighted by Gasteiger charge is -2.08. The van der Waals surface area contributed by atoms with Gasteiger partial charge in [-0.3, -0.25) is 0 Å². The molecule has 0 amide bonds. The summed E-state index contributed by atoms with van der Waals surface area (Å²) >= 11 is 3.89. The first-order valence-electron chi connectivity index (χ1n) is 7.31. The van der Waals surface area contributed by atoms with E-state index in [1.165, 1.54) is 27.8 Å². The summed E-state index contributed by atoms with van der Waals surface area (Å²) < 4.78 is 0. The smallest absolute Gasteiger partial charge is 0.103 e. The van der Waals surface area contributed by atoms with Gasteiger partial charge in [-0.2, -0.15) is 11.8 Å². The second-order valence-electron chi connectivity index (χ2n) is 5.65. The van der Waals surface area contributed by atoms with Crippen molar-refractivity contribution in [2.45, 2.75) is 59.3 Å². The van der Waals surface area contributed by atoms with Crippen LogP contribution in [-0.4, -0.2) is 17.3 Å². The van der Waals surface area contributed by atoms with Crippen molar-refractivity contribution in [1.29, 1.82) is 0 Å². The quantitative estimate of drug-likeness (QED) is 0.672. The molecule has 1 rings (SSSR count). The van der Waals surface area contributed by atoms with E-state index in [0.29, 0.717) is 11.8 Å². The Morgan fingerprint density at radius 3 is 2.58 bits per heavy atom. The summed E-state index contributed by atoms with van der Waals surface area (Å²) in [5.74, 6) is 3.53. The molecule has 0 fully saturated rings. The van der Waals surface area contributed by atoms with E-state index in [4.69, 9.17) is 4.98 Å². The van der Waals surface area contributed by atoms with Crippen molar-refractivity contribution >= 4 is 23.1 Å². The van der Waals surface area contributed by atoms with Crippen molar-refractivity contribution in [1.82, 2.24) is 10.3 Å². The minimum absolute atomic E-state index is 0.525. The number of thiazole rings is 1. The maximum atomic E-state index is 4.84. The molecule has 1 heterocycles. The van der Waals surface area contributed by atoms with E-state index < -0.39 is 0 Å². The molecule has 2 nitrogen and oxygen atoms in total. The fourth-order valence-electron chi connectivity index (χ4n) is 1.83. The van der Waals surface area contributed by atoms with Crippen LogP contribution in [-0.2, 0) is 12.3 Å². The number of hydrogen-bond donors (Lipinski definition) is 1. The van der Waals surface area contributed by atoms with Crippen LogP contribution in [0.25, 0.3) is 0 Å². The molecule has 4 heteroatoms. The highest BCUT2D eigenvalue weighted by molar-refractivity contribution is 7.98. The molecule has 1 N–H and O–H groups in total.